The van der Waals surface area contributed by atoms with E-state index in [1.165, 1.54) is 18.5 Å². The normalized spacial score (nSPS) is 10.3. The molecule has 0 saturated heterocycles. The molecule has 2 rings (SSSR count). The van der Waals surface area contributed by atoms with E-state index in [4.69, 9.17) is 4.74 Å². The first-order chi connectivity index (χ1) is 11.2. The quantitative estimate of drug-likeness (QED) is 0.728. The number of carbonyl (C=O) groups excluding carboxylic acids is 1. The van der Waals surface area contributed by atoms with E-state index < -0.39 is 0 Å². The molecular weight excluding hydrogens is 299 g/mol. The van der Waals surface area contributed by atoms with Gasteiger partial charge in [0.25, 0.3) is 5.91 Å². The fraction of sp³-hybridized carbons (Fsp3) is 0.312. The maximum atomic E-state index is 13.6. The SMILES string of the molecule is COCCCNC(=O)c1cc(NCc2ccccc2F)ncn1. The Bertz CT molecular complexity index is 651. The predicted molar refractivity (Wildman–Crippen MR) is 84.6 cm³/mol. The van der Waals surface area contributed by atoms with Crippen LogP contribution < -0.4 is 10.6 Å². The van der Waals surface area contributed by atoms with E-state index in [0.29, 0.717) is 24.5 Å². The van der Waals surface area contributed by atoms with Crippen LogP contribution in [0, 0.1) is 5.82 Å². The fourth-order valence-electron chi connectivity index (χ4n) is 1.91. The molecular formula is C16H19FN4O2. The van der Waals surface area contributed by atoms with E-state index in [2.05, 4.69) is 20.6 Å². The Morgan fingerprint density at radius 3 is 2.91 bits per heavy atom. The van der Waals surface area contributed by atoms with E-state index >= 15 is 0 Å². The van der Waals surface area contributed by atoms with Crippen LogP contribution in [0.15, 0.2) is 36.7 Å². The minimum atomic E-state index is -0.287. The van der Waals surface area contributed by atoms with Gasteiger partial charge in [0.05, 0.1) is 0 Å². The van der Waals surface area contributed by atoms with Gasteiger partial charge in [-0.25, -0.2) is 14.4 Å². The summed E-state index contributed by atoms with van der Waals surface area (Å²) in [5.74, 6) is -0.104. The van der Waals surface area contributed by atoms with Crippen LogP contribution in [0.1, 0.15) is 22.5 Å². The highest BCUT2D eigenvalue weighted by molar-refractivity contribution is 5.92. The number of nitrogens with zero attached hydrogens (tertiary/aromatic N) is 2. The Morgan fingerprint density at radius 1 is 1.30 bits per heavy atom. The first kappa shape index (κ1) is 16.8. The summed E-state index contributed by atoms with van der Waals surface area (Å²) in [5.41, 5.74) is 0.783. The number of rotatable bonds is 8. The van der Waals surface area contributed by atoms with Gasteiger partial charge in [0.2, 0.25) is 0 Å². The molecule has 0 radical (unpaired) electrons. The summed E-state index contributed by atoms with van der Waals surface area (Å²) in [6.07, 6.45) is 2.03. The van der Waals surface area contributed by atoms with Gasteiger partial charge >= 0.3 is 0 Å². The largest absolute Gasteiger partial charge is 0.385 e. The van der Waals surface area contributed by atoms with Crippen LogP contribution >= 0.6 is 0 Å². The second kappa shape index (κ2) is 8.79. The van der Waals surface area contributed by atoms with Crippen molar-refractivity contribution in [2.45, 2.75) is 13.0 Å². The Hall–Kier alpha value is -2.54. The highest BCUT2D eigenvalue weighted by atomic mass is 19.1. The molecule has 2 N–H and O–H groups in total. The molecule has 1 amide bonds. The van der Waals surface area contributed by atoms with Gasteiger partial charge in [0.1, 0.15) is 23.7 Å². The maximum Gasteiger partial charge on any atom is 0.270 e. The second-order valence-electron chi connectivity index (χ2n) is 4.84. The summed E-state index contributed by atoms with van der Waals surface area (Å²) >= 11 is 0. The molecule has 0 bridgehead atoms. The smallest absolute Gasteiger partial charge is 0.270 e. The molecule has 0 aliphatic rings. The molecule has 1 aromatic carbocycles. The number of halogens is 1. The summed E-state index contributed by atoms with van der Waals surface area (Å²) in [5, 5.41) is 5.73. The molecule has 0 spiro atoms. The Kier molecular flexibility index (Phi) is 6.43. The average molecular weight is 318 g/mol. The van der Waals surface area contributed by atoms with Crippen molar-refractivity contribution in [2.24, 2.45) is 0 Å². The first-order valence-corrected chi connectivity index (χ1v) is 7.27. The number of methoxy groups -OCH3 is 1. The Balaban J connectivity index is 1.91. The lowest BCUT2D eigenvalue weighted by Gasteiger charge is -2.08. The molecule has 0 fully saturated rings. The second-order valence-corrected chi connectivity index (χ2v) is 4.84. The zero-order valence-corrected chi connectivity index (χ0v) is 12.9. The van der Waals surface area contributed by atoms with Crippen molar-refractivity contribution in [3.63, 3.8) is 0 Å². The van der Waals surface area contributed by atoms with Gasteiger partial charge in [-0.05, 0) is 12.5 Å². The van der Waals surface area contributed by atoms with E-state index in [-0.39, 0.29) is 24.0 Å². The maximum absolute atomic E-state index is 13.6. The van der Waals surface area contributed by atoms with Gasteiger partial charge in [-0.2, -0.15) is 0 Å². The topological polar surface area (TPSA) is 76.1 Å². The zero-order chi connectivity index (χ0) is 16.5. The number of nitrogens with one attached hydrogen (secondary N) is 2. The van der Waals surface area contributed by atoms with Crippen LogP contribution in [0.4, 0.5) is 10.2 Å². The van der Waals surface area contributed by atoms with Gasteiger partial charge in [-0.15, -0.1) is 0 Å². The number of hydrogen-bond donors (Lipinski definition) is 2. The van der Waals surface area contributed by atoms with Crippen LogP contribution in [0.25, 0.3) is 0 Å². The Labute approximate surface area is 134 Å². The third-order valence-electron chi connectivity index (χ3n) is 3.13. The molecule has 1 heterocycles. The number of ether oxygens (including phenoxy) is 1. The van der Waals surface area contributed by atoms with Gasteiger partial charge in [0.15, 0.2) is 0 Å². The number of anilines is 1. The summed E-state index contributed by atoms with van der Waals surface area (Å²) in [7, 11) is 1.61. The van der Waals surface area contributed by atoms with Crippen molar-refractivity contribution in [1.29, 1.82) is 0 Å². The molecule has 1 aromatic heterocycles. The van der Waals surface area contributed by atoms with E-state index in [9.17, 15) is 9.18 Å². The summed E-state index contributed by atoms with van der Waals surface area (Å²) in [4.78, 5) is 19.9. The Morgan fingerprint density at radius 2 is 2.13 bits per heavy atom. The molecule has 0 saturated carbocycles. The molecule has 2 aromatic rings. The van der Waals surface area contributed by atoms with E-state index in [1.54, 1.807) is 25.3 Å². The van der Waals surface area contributed by atoms with Gasteiger partial charge < -0.3 is 15.4 Å². The van der Waals surface area contributed by atoms with Crippen LogP contribution in [0.3, 0.4) is 0 Å². The first-order valence-electron chi connectivity index (χ1n) is 7.27. The van der Waals surface area contributed by atoms with Crippen LogP contribution in [0.5, 0.6) is 0 Å². The summed E-state index contributed by atoms with van der Waals surface area (Å²) in [6, 6.07) is 8.02. The number of carbonyl (C=O) groups is 1. The van der Waals surface area contributed by atoms with Crippen LogP contribution in [0.2, 0.25) is 0 Å². The van der Waals surface area contributed by atoms with Crippen molar-refractivity contribution in [3.8, 4) is 0 Å². The average Bonchev–Trinajstić information content (AvgIpc) is 2.58. The zero-order valence-electron chi connectivity index (χ0n) is 12.9. The molecule has 0 atom stereocenters. The van der Waals surface area contributed by atoms with Crippen molar-refractivity contribution >= 4 is 11.7 Å². The minimum absolute atomic E-state index is 0.258. The standard InChI is InChI=1S/C16H19FN4O2/c1-23-8-4-7-18-16(22)14-9-15(21-11-20-14)19-10-12-5-2-3-6-13(12)17/h2-3,5-6,9,11H,4,7-8,10H2,1H3,(H,18,22)(H,19,20,21). The highest BCUT2D eigenvalue weighted by Gasteiger charge is 2.08. The van der Waals surface area contributed by atoms with Crippen molar-refractivity contribution in [3.05, 3.63) is 53.7 Å². The third-order valence-corrected chi connectivity index (χ3v) is 3.13. The number of amides is 1. The fourth-order valence-corrected chi connectivity index (χ4v) is 1.91. The third kappa shape index (κ3) is 5.30. The molecule has 0 aliphatic heterocycles. The highest BCUT2D eigenvalue weighted by Crippen LogP contribution is 2.10. The van der Waals surface area contributed by atoms with Crippen LogP contribution in [-0.2, 0) is 11.3 Å². The predicted octanol–water partition coefficient (Wildman–Crippen LogP) is 1.99. The monoisotopic (exact) mass is 318 g/mol. The molecule has 23 heavy (non-hydrogen) atoms. The summed E-state index contributed by atoms with van der Waals surface area (Å²) < 4.78 is 18.5. The molecule has 122 valence electrons. The minimum Gasteiger partial charge on any atom is -0.385 e. The lowest BCUT2D eigenvalue weighted by Crippen LogP contribution is -2.26. The summed E-state index contributed by atoms with van der Waals surface area (Å²) in [6.45, 7) is 1.37. The van der Waals surface area contributed by atoms with E-state index in [0.717, 1.165) is 6.42 Å². The van der Waals surface area contributed by atoms with Crippen LogP contribution in [-0.4, -0.2) is 36.1 Å². The van der Waals surface area contributed by atoms with Crippen molar-refractivity contribution < 1.29 is 13.9 Å². The molecule has 0 aliphatic carbocycles. The van der Waals surface area contributed by atoms with Gasteiger partial charge in [-0.1, -0.05) is 18.2 Å². The molecule has 7 heteroatoms. The van der Waals surface area contributed by atoms with Gasteiger partial charge in [-0.3, -0.25) is 4.79 Å². The van der Waals surface area contributed by atoms with Crippen molar-refractivity contribution in [1.82, 2.24) is 15.3 Å². The lowest BCUT2D eigenvalue weighted by molar-refractivity contribution is 0.0943. The van der Waals surface area contributed by atoms with Gasteiger partial charge in [0, 0.05) is 38.4 Å². The lowest BCUT2D eigenvalue weighted by atomic mass is 10.2. The van der Waals surface area contributed by atoms with E-state index in [1.807, 2.05) is 0 Å². The molecule has 6 nitrogen and oxygen atoms in total. The van der Waals surface area contributed by atoms with Crippen molar-refractivity contribution in [2.75, 3.05) is 25.6 Å². The molecule has 0 unspecified atom stereocenters. The number of aromatic nitrogens is 2. The number of hydrogen-bond acceptors (Lipinski definition) is 5. The number of benzene rings is 1.